The summed E-state index contributed by atoms with van der Waals surface area (Å²) in [4.78, 5) is 0. The van der Waals surface area contributed by atoms with Crippen LogP contribution in [-0.2, 0) is 30.5 Å². The van der Waals surface area contributed by atoms with Gasteiger partial charge in [0, 0.05) is 24.6 Å². The van der Waals surface area contributed by atoms with Gasteiger partial charge in [-0.25, -0.2) is 0 Å². The second-order valence-electron chi connectivity index (χ2n) is 9.96. The average Bonchev–Trinajstić information content (AvgIpc) is 3.03. The summed E-state index contributed by atoms with van der Waals surface area (Å²) >= 11 is 13.6. The molecule has 3 rings (SSSR count). The van der Waals surface area contributed by atoms with E-state index < -0.39 is 74.6 Å². The number of benzene rings is 1. The molecule has 2 aliphatic rings. The number of thiocarbonyl (C=S) groups is 2. The Morgan fingerprint density at radius 2 is 1.09 bits per heavy atom. The van der Waals surface area contributed by atoms with E-state index in [1.54, 1.807) is 0 Å². The summed E-state index contributed by atoms with van der Waals surface area (Å²) in [6, 6.07) is 7.97. The molecule has 0 amide bonds. The van der Waals surface area contributed by atoms with E-state index in [-0.39, 0.29) is 13.2 Å². The van der Waals surface area contributed by atoms with Crippen LogP contribution >= 0.6 is 48.0 Å². The zero-order chi connectivity index (χ0) is 32.2. The van der Waals surface area contributed by atoms with Crippen LogP contribution in [0.25, 0.3) is 0 Å². The highest BCUT2D eigenvalue weighted by Gasteiger charge is 2.45. The van der Waals surface area contributed by atoms with Crippen LogP contribution < -0.4 is 10.6 Å². The number of ether oxygens (including phenoxy) is 4. The highest BCUT2D eigenvalue weighted by molar-refractivity contribution is 8.22. The largest absolute Gasteiger partial charge is 0.394 e. The highest BCUT2D eigenvalue weighted by Crippen LogP contribution is 2.23. The molecule has 2 fully saturated rings. The van der Waals surface area contributed by atoms with Crippen LogP contribution in [0, 0.1) is 0 Å². The minimum absolute atomic E-state index is 0.101. The normalized spacial score (nSPS) is 32.3. The van der Waals surface area contributed by atoms with E-state index in [1.807, 2.05) is 18.2 Å². The topological polar surface area (TPSA) is 223 Å². The molecule has 2 aliphatic heterocycles. The van der Waals surface area contributed by atoms with Gasteiger partial charge in [0.05, 0.1) is 26.4 Å². The number of hydrogen-bond donors (Lipinski definition) is 10. The summed E-state index contributed by atoms with van der Waals surface area (Å²) in [6.45, 7) is -0.224. The van der Waals surface area contributed by atoms with Crippen molar-refractivity contribution in [2.45, 2.75) is 72.9 Å². The number of nitrogens with one attached hydrogen (secondary N) is 2. The Labute approximate surface area is 274 Å². The van der Waals surface area contributed by atoms with Crippen molar-refractivity contribution in [3.63, 3.8) is 0 Å². The first-order valence-corrected chi connectivity index (χ1v) is 16.6. The lowest BCUT2D eigenvalue weighted by molar-refractivity contribution is -0.300. The maximum atomic E-state index is 10.0. The summed E-state index contributed by atoms with van der Waals surface area (Å²) in [5.74, 6) is 1.24. The predicted molar refractivity (Wildman–Crippen MR) is 170 cm³/mol. The molecule has 10 N–H and O–H groups in total. The zero-order valence-corrected chi connectivity index (χ0v) is 26.8. The quantitative estimate of drug-likeness (QED) is 0.0718. The maximum absolute atomic E-state index is 10.0. The Kier molecular flexibility index (Phi) is 16.4. The smallest absolute Gasteiger partial charge is 0.186 e. The minimum atomic E-state index is -1.50. The summed E-state index contributed by atoms with van der Waals surface area (Å²) in [5.41, 5.74) is 2.11. The van der Waals surface area contributed by atoms with Gasteiger partial charge in [0.2, 0.25) is 0 Å². The molecule has 2 saturated heterocycles. The van der Waals surface area contributed by atoms with E-state index in [9.17, 15) is 40.9 Å². The maximum Gasteiger partial charge on any atom is 0.186 e. The first kappa shape index (κ1) is 37.7. The van der Waals surface area contributed by atoms with Crippen LogP contribution in [0.4, 0.5) is 0 Å². The van der Waals surface area contributed by atoms with Crippen molar-refractivity contribution in [2.24, 2.45) is 0 Å². The zero-order valence-electron chi connectivity index (χ0n) is 23.6. The van der Waals surface area contributed by atoms with Crippen molar-refractivity contribution in [2.75, 3.05) is 39.5 Å². The Balaban J connectivity index is 1.29. The first-order valence-electron chi connectivity index (χ1n) is 13.8. The van der Waals surface area contributed by atoms with Crippen molar-refractivity contribution < 1.29 is 59.8 Å². The van der Waals surface area contributed by atoms with E-state index in [0.29, 0.717) is 33.2 Å². The van der Waals surface area contributed by atoms with Crippen molar-refractivity contribution in [3.8, 4) is 0 Å². The van der Waals surface area contributed by atoms with Gasteiger partial charge in [-0.2, -0.15) is 0 Å². The average molecular weight is 701 g/mol. The fraction of sp³-hybridized carbons (Fsp3) is 0.692. The van der Waals surface area contributed by atoms with Crippen molar-refractivity contribution in [1.82, 2.24) is 10.6 Å². The third kappa shape index (κ3) is 11.2. The standard InChI is InChI=1S/C26H40N2O12S4/c29-9-15-17(31)19(33)21(35)23(39-15)37-6-4-27-25(41)43-11-13-2-1-3-14(8-13)12-44-26(42)28-5-7-38-24-22(36)20(34)18(32)16(10-30)40-24/h1-3,8,15-24,29-36H,4-7,9-12H2,(H,27,41)(H,28,42)/t15?,16?,17-,18-,19?,20?,21?,22?,23+,24+/m1/s1. The molecule has 18 heteroatoms. The number of hydrogen-bond acceptors (Lipinski definition) is 16. The van der Waals surface area contributed by atoms with Gasteiger partial charge in [-0.1, -0.05) is 72.2 Å². The SMILES string of the molecule is OCC1O[C@H](OCCNC(=S)SCc2cccc(CSC(=S)NCCO[C@H]3OC(CO)[C@@H](O)C(O)C3O)c2)C(O)C(O)[C@@H]1O. The summed E-state index contributed by atoms with van der Waals surface area (Å²) in [5, 5.41) is 84.0. The Hall–Kier alpha value is -0.780. The van der Waals surface area contributed by atoms with Gasteiger partial charge in [0.25, 0.3) is 0 Å². The van der Waals surface area contributed by atoms with Gasteiger partial charge in [-0.3, -0.25) is 0 Å². The highest BCUT2D eigenvalue weighted by atomic mass is 32.2. The molecular formula is C26H40N2O12S4. The molecule has 44 heavy (non-hydrogen) atoms. The molecule has 0 aromatic heterocycles. The molecule has 14 nitrogen and oxygen atoms in total. The fourth-order valence-electron chi connectivity index (χ4n) is 4.28. The minimum Gasteiger partial charge on any atom is -0.394 e. The van der Waals surface area contributed by atoms with Gasteiger partial charge in [-0.15, -0.1) is 0 Å². The second-order valence-corrected chi connectivity index (χ2v) is 13.3. The molecule has 1 aromatic rings. The number of aliphatic hydroxyl groups is 8. The van der Waals surface area contributed by atoms with Crippen molar-refractivity contribution in [1.29, 1.82) is 0 Å². The molecule has 0 bridgehead atoms. The Bertz CT molecular complexity index is 969. The molecule has 0 saturated carbocycles. The van der Waals surface area contributed by atoms with Gasteiger partial charge in [0.15, 0.2) is 12.6 Å². The number of rotatable bonds is 14. The predicted octanol–water partition coefficient (Wildman–Crippen LogP) is -2.46. The summed E-state index contributed by atoms with van der Waals surface area (Å²) in [7, 11) is 0. The summed E-state index contributed by atoms with van der Waals surface area (Å²) < 4.78 is 22.6. The van der Waals surface area contributed by atoms with E-state index in [4.69, 9.17) is 43.4 Å². The Morgan fingerprint density at radius 3 is 1.48 bits per heavy atom. The van der Waals surface area contributed by atoms with Gasteiger partial charge in [0.1, 0.15) is 57.5 Å². The van der Waals surface area contributed by atoms with E-state index in [2.05, 4.69) is 16.7 Å². The molecule has 1 aromatic carbocycles. The van der Waals surface area contributed by atoms with Crippen LogP contribution in [0.15, 0.2) is 24.3 Å². The second kappa shape index (κ2) is 19.1. The van der Waals surface area contributed by atoms with E-state index in [1.165, 1.54) is 23.5 Å². The fourth-order valence-corrected chi connectivity index (χ4v) is 6.20. The molecule has 2 heterocycles. The van der Waals surface area contributed by atoms with Crippen molar-refractivity contribution >= 4 is 56.6 Å². The molecule has 6 unspecified atom stereocenters. The molecule has 0 aliphatic carbocycles. The van der Waals surface area contributed by atoms with Gasteiger partial charge >= 0.3 is 0 Å². The van der Waals surface area contributed by atoms with E-state index >= 15 is 0 Å². The lowest BCUT2D eigenvalue weighted by atomic mass is 9.99. The van der Waals surface area contributed by atoms with Crippen LogP contribution in [0.3, 0.4) is 0 Å². The Morgan fingerprint density at radius 1 is 0.682 bits per heavy atom. The molecule has 10 atom stereocenters. The van der Waals surface area contributed by atoms with Crippen LogP contribution in [0.5, 0.6) is 0 Å². The van der Waals surface area contributed by atoms with E-state index in [0.717, 1.165) is 11.1 Å². The van der Waals surface area contributed by atoms with Gasteiger partial charge < -0.3 is 70.4 Å². The lowest BCUT2D eigenvalue weighted by Gasteiger charge is -2.39. The van der Waals surface area contributed by atoms with Gasteiger partial charge in [-0.05, 0) is 11.1 Å². The van der Waals surface area contributed by atoms with Crippen molar-refractivity contribution in [3.05, 3.63) is 35.4 Å². The third-order valence-corrected chi connectivity index (χ3v) is 9.50. The summed E-state index contributed by atoms with van der Waals surface area (Å²) in [6.07, 6.45) is -13.2. The van der Waals surface area contributed by atoms with Crippen LogP contribution in [0.1, 0.15) is 11.1 Å². The molecule has 250 valence electrons. The van der Waals surface area contributed by atoms with Crippen LogP contribution in [-0.4, -0.2) is 150 Å². The third-order valence-electron chi connectivity index (χ3n) is 6.74. The monoisotopic (exact) mass is 700 g/mol. The molecule has 0 spiro atoms. The number of aliphatic hydroxyl groups excluding tert-OH is 8. The molecule has 0 radical (unpaired) electrons. The molecular weight excluding hydrogens is 661 g/mol. The first-order chi connectivity index (χ1) is 21.0. The lowest BCUT2D eigenvalue weighted by Crippen LogP contribution is -2.59. The van der Waals surface area contributed by atoms with Crippen LogP contribution in [0.2, 0.25) is 0 Å². The number of thioether (sulfide) groups is 2.